The Labute approximate surface area is 116 Å². The Hall–Kier alpha value is -1.03. The van der Waals surface area contributed by atoms with Crippen LogP contribution in [0.3, 0.4) is 0 Å². The van der Waals surface area contributed by atoms with Crippen LogP contribution in [-0.2, 0) is 6.61 Å². The maximum atomic E-state index is 9.34. The lowest BCUT2D eigenvalue weighted by Crippen LogP contribution is -1.90. The summed E-state index contributed by atoms with van der Waals surface area (Å²) in [6, 6.07) is 9.60. The number of aliphatic hydroxyl groups excluding tert-OH is 1. The van der Waals surface area contributed by atoms with Gasteiger partial charge in [0.25, 0.3) is 0 Å². The summed E-state index contributed by atoms with van der Waals surface area (Å²) >= 11 is 7.46. The molecule has 18 heavy (non-hydrogen) atoms. The molecule has 4 heteroatoms. The summed E-state index contributed by atoms with van der Waals surface area (Å²) in [5.41, 5.74) is 3.01. The minimum Gasteiger partial charge on any atom is -0.392 e. The number of benzene rings is 1. The fourth-order valence-corrected chi connectivity index (χ4v) is 2.99. The molecule has 0 spiro atoms. The van der Waals surface area contributed by atoms with Crippen LogP contribution in [0.25, 0.3) is 0 Å². The summed E-state index contributed by atoms with van der Waals surface area (Å²) in [6.45, 7) is 4.01. The molecule has 0 aliphatic carbocycles. The van der Waals surface area contributed by atoms with Crippen LogP contribution >= 0.6 is 23.4 Å². The van der Waals surface area contributed by atoms with Crippen LogP contribution in [0.2, 0.25) is 5.02 Å². The van der Waals surface area contributed by atoms with E-state index in [0.717, 1.165) is 21.2 Å². The van der Waals surface area contributed by atoms with E-state index < -0.39 is 0 Å². The maximum absolute atomic E-state index is 9.34. The van der Waals surface area contributed by atoms with Crippen LogP contribution in [-0.4, -0.2) is 10.1 Å². The number of aliphatic hydroxyl groups is 1. The molecular weight excluding hydrogens is 266 g/mol. The molecular formula is C14H14ClNOS. The van der Waals surface area contributed by atoms with E-state index in [4.69, 9.17) is 11.6 Å². The lowest BCUT2D eigenvalue weighted by molar-refractivity contribution is 0.279. The van der Waals surface area contributed by atoms with E-state index in [1.807, 2.05) is 38.1 Å². The van der Waals surface area contributed by atoms with Crippen molar-refractivity contribution in [2.24, 2.45) is 0 Å². The maximum Gasteiger partial charge on any atom is 0.101 e. The van der Waals surface area contributed by atoms with E-state index in [1.165, 1.54) is 5.56 Å². The van der Waals surface area contributed by atoms with Crippen LogP contribution in [0, 0.1) is 13.8 Å². The smallest absolute Gasteiger partial charge is 0.101 e. The van der Waals surface area contributed by atoms with Gasteiger partial charge >= 0.3 is 0 Å². The van der Waals surface area contributed by atoms with Gasteiger partial charge in [0.2, 0.25) is 0 Å². The quantitative estimate of drug-likeness (QED) is 0.922. The summed E-state index contributed by atoms with van der Waals surface area (Å²) < 4.78 is 0. The van der Waals surface area contributed by atoms with E-state index in [1.54, 1.807) is 17.8 Å². The zero-order valence-electron chi connectivity index (χ0n) is 10.3. The van der Waals surface area contributed by atoms with Crippen LogP contribution in [0.5, 0.6) is 0 Å². The van der Waals surface area contributed by atoms with E-state index in [2.05, 4.69) is 4.98 Å². The number of aryl methyl sites for hydroxylation is 2. The Morgan fingerprint density at radius 2 is 2.00 bits per heavy atom. The normalized spacial score (nSPS) is 10.7. The van der Waals surface area contributed by atoms with Crippen molar-refractivity contribution < 1.29 is 5.11 Å². The largest absolute Gasteiger partial charge is 0.392 e. The van der Waals surface area contributed by atoms with Gasteiger partial charge in [-0.25, -0.2) is 4.98 Å². The van der Waals surface area contributed by atoms with Crippen molar-refractivity contribution in [1.29, 1.82) is 0 Å². The fraction of sp³-hybridized carbons (Fsp3) is 0.214. The van der Waals surface area contributed by atoms with Crippen LogP contribution in [0.4, 0.5) is 0 Å². The first-order valence-corrected chi connectivity index (χ1v) is 6.80. The van der Waals surface area contributed by atoms with E-state index in [9.17, 15) is 5.11 Å². The molecule has 1 aromatic carbocycles. The number of hydrogen-bond donors (Lipinski definition) is 1. The molecule has 0 aliphatic heterocycles. The summed E-state index contributed by atoms with van der Waals surface area (Å²) in [4.78, 5) is 5.46. The molecule has 2 rings (SSSR count). The van der Waals surface area contributed by atoms with E-state index >= 15 is 0 Å². The first-order chi connectivity index (χ1) is 8.58. The molecule has 0 saturated heterocycles. The summed E-state index contributed by atoms with van der Waals surface area (Å²) in [6.07, 6.45) is 0. The molecule has 0 unspecified atom stereocenters. The first kappa shape index (κ1) is 13.4. The minimum absolute atomic E-state index is 0.0201. The first-order valence-electron chi connectivity index (χ1n) is 5.61. The standard InChI is InChI=1S/C14H14ClNOS/c1-9-5-10(2)16-14(6-9)18-13-4-3-12(15)7-11(13)8-17/h3-7,17H,8H2,1-2H3. The third-order valence-corrected chi connectivity index (χ3v) is 3.75. The van der Waals surface area contributed by atoms with Gasteiger partial charge in [0.05, 0.1) is 6.61 Å². The van der Waals surface area contributed by atoms with Gasteiger partial charge in [0.15, 0.2) is 0 Å². The monoisotopic (exact) mass is 279 g/mol. The van der Waals surface area contributed by atoms with Crippen molar-refractivity contribution in [1.82, 2.24) is 4.98 Å². The molecule has 0 radical (unpaired) electrons. The summed E-state index contributed by atoms with van der Waals surface area (Å²) in [5, 5.41) is 10.9. The van der Waals surface area contributed by atoms with Gasteiger partial charge in [-0.3, -0.25) is 0 Å². The zero-order valence-corrected chi connectivity index (χ0v) is 11.8. The van der Waals surface area contributed by atoms with Crippen molar-refractivity contribution >= 4 is 23.4 Å². The number of halogens is 1. The predicted octanol–water partition coefficient (Wildman–Crippen LogP) is 4.00. The Morgan fingerprint density at radius 1 is 1.22 bits per heavy atom. The molecule has 2 nitrogen and oxygen atoms in total. The lowest BCUT2D eigenvalue weighted by Gasteiger charge is -2.08. The molecule has 0 atom stereocenters. The third-order valence-electron chi connectivity index (χ3n) is 2.48. The molecule has 0 saturated carbocycles. The van der Waals surface area contributed by atoms with E-state index in [-0.39, 0.29) is 6.61 Å². The third kappa shape index (κ3) is 3.25. The zero-order chi connectivity index (χ0) is 13.1. The molecule has 0 fully saturated rings. The Kier molecular flexibility index (Phi) is 4.27. The molecule has 0 aliphatic rings. The minimum atomic E-state index is -0.0201. The van der Waals surface area contributed by atoms with Crippen molar-refractivity contribution in [2.45, 2.75) is 30.4 Å². The van der Waals surface area contributed by atoms with Crippen molar-refractivity contribution in [3.8, 4) is 0 Å². The second-order valence-corrected chi connectivity index (χ2v) is 5.63. The molecule has 0 bridgehead atoms. The van der Waals surface area contributed by atoms with Crippen LogP contribution in [0.15, 0.2) is 40.3 Å². The highest BCUT2D eigenvalue weighted by atomic mass is 35.5. The average molecular weight is 280 g/mol. The highest BCUT2D eigenvalue weighted by Crippen LogP contribution is 2.31. The second-order valence-electron chi connectivity index (χ2n) is 4.14. The van der Waals surface area contributed by atoms with Crippen molar-refractivity contribution in [2.75, 3.05) is 0 Å². The van der Waals surface area contributed by atoms with Crippen molar-refractivity contribution in [3.05, 3.63) is 52.2 Å². The number of aromatic nitrogens is 1. The number of rotatable bonds is 3. The molecule has 0 amide bonds. The summed E-state index contributed by atoms with van der Waals surface area (Å²) in [7, 11) is 0. The molecule has 1 aromatic heterocycles. The SMILES string of the molecule is Cc1cc(C)nc(Sc2ccc(Cl)cc2CO)c1. The number of hydrogen-bond acceptors (Lipinski definition) is 3. The van der Waals surface area contributed by atoms with Gasteiger partial charge in [-0.2, -0.15) is 0 Å². The molecule has 2 aromatic rings. The number of pyridine rings is 1. The average Bonchev–Trinajstić information content (AvgIpc) is 2.30. The topological polar surface area (TPSA) is 33.1 Å². The fourth-order valence-electron chi connectivity index (χ4n) is 1.74. The van der Waals surface area contributed by atoms with Crippen LogP contribution in [0.1, 0.15) is 16.8 Å². The lowest BCUT2D eigenvalue weighted by atomic mass is 10.2. The Balaban J connectivity index is 2.33. The summed E-state index contributed by atoms with van der Waals surface area (Å²) in [5.74, 6) is 0. The van der Waals surface area contributed by atoms with Gasteiger partial charge in [0.1, 0.15) is 5.03 Å². The van der Waals surface area contributed by atoms with E-state index in [0.29, 0.717) is 5.02 Å². The van der Waals surface area contributed by atoms with Gasteiger partial charge in [-0.15, -0.1) is 0 Å². The molecule has 1 N–H and O–H groups in total. The van der Waals surface area contributed by atoms with Gasteiger partial charge in [0, 0.05) is 15.6 Å². The van der Waals surface area contributed by atoms with Crippen molar-refractivity contribution in [3.63, 3.8) is 0 Å². The Bertz CT molecular complexity index is 551. The predicted molar refractivity (Wildman–Crippen MR) is 75.2 cm³/mol. The Morgan fingerprint density at radius 3 is 2.67 bits per heavy atom. The van der Waals surface area contributed by atoms with Gasteiger partial charge in [-0.05, 0) is 55.3 Å². The van der Waals surface area contributed by atoms with Gasteiger partial charge in [-0.1, -0.05) is 23.4 Å². The van der Waals surface area contributed by atoms with Crippen LogP contribution < -0.4 is 0 Å². The second kappa shape index (κ2) is 5.74. The molecule has 1 heterocycles. The number of nitrogens with zero attached hydrogens (tertiary/aromatic N) is 1. The van der Waals surface area contributed by atoms with Gasteiger partial charge < -0.3 is 5.11 Å². The highest BCUT2D eigenvalue weighted by Gasteiger charge is 2.06. The highest BCUT2D eigenvalue weighted by molar-refractivity contribution is 7.99. The molecule has 94 valence electrons.